The molecule has 0 fully saturated rings. The van der Waals surface area contributed by atoms with E-state index in [1.54, 1.807) is 20.4 Å². The van der Waals surface area contributed by atoms with Gasteiger partial charge in [0, 0.05) is 24.5 Å². The molecule has 0 atom stereocenters. The normalized spacial score (nSPS) is 10.0. The van der Waals surface area contributed by atoms with E-state index in [-0.39, 0.29) is 0 Å². The van der Waals surface area contributed by atoms with Crippen LogP contribution in [0.2, 0.25) is 0 Å². The minimum absolute atomic E-state index is 0.613. The molecule has 2 aromatic rings. The molecule has 2 rings (SSSR count). The lowest BCUT2D eigenvalue weighted by atomic mass is 10.1. The number of hydrogen-bond donors (Lipinski definition) is 1. The summed E-state index contributed by atoms with van der Waals surface area (Å²) in [5, 5.41) is 3.34. The molecule has 0 aliphatic rings. The molecule has 1 aromatic carbocycles. The Bertz CT molecular complexity index is 529. The lowest BCUT2D eigenvalue weighted by Crippen LogP contribution is -2.06. The fourth-order valence-electron chi connectivity index (χ4n) is 1.88. The summed E-state index contributed by atoms with van der Waals surface area (Å²) in [4.78, 5) is 4.07. The van der Waals surface area contributed by atoms with Crippen molar-refractivity contribution in [3.8, 4) is 11.6 Å². The van der Waals surface area contributed by atoms with E-state index < -0.39 is 0 Å². The fraction of sp³-hybridized carbons (Fsp3) is 0.267. The van der Waals surface area contributed by atoms with Crippen LogP contribution in [0.1, 0.15) is 5.56 Å². The van der Waals surface area contributed by atoms with Gasteiger partial charge in [-0.05, 0) is 24.1 Å². The van der Waals surface area contributed by atoms with Crippen molar-refractivity contribution in [1.29, 1.82) is 0 Å². The standard InChI is InChI=1S/C15H18N2O2/c1-18-14-6-4-3-5-12(14)7-9-16-13-8-10-17-15(11-13)19-2/h3-6,8,10-11H,7,9H2,1-2H3,(H,16,17). The van der Waals surface area contributed by atoms with Crippen LogP contribution in [0.15, 0.2) is 42.6 Å². The van der Waals surface area contributed by atoms with Crippen molar-refractivity contribution < 1.29 is 9.47 Å². The average Bonchev–Trinajstić information content (AvgIpc) is 2.48. The van der Waals surface area contributed by atoms with Crippen LogP contribution in [-0.4, -0.2) is 25.7 Å². The lowest BCUT2D eigenvalue weighted by Gasteiger charge is -2.10. The molecular formula is C15H18N2O2. The van der Waals surface area contributed by atoms with Gasteiger partial charge in [-0.15, -0.1) is 0 Å². The first-order valence-corrected chi connectivity index (χ1v) is 6.19. The van der Waals surface area contributed by atoms with Crippen LogP contribution in [0, 0.1) is 0 Å². The van der Waals surface area contributed by atoms with Gasteiger partial charge in [0.2, 0.25) is 5.88 Å². The van der Waals surface area contributed by atoms with Crippen molar-refractivity contribution in [1.82, 2.24) is 4.98 Å². The predicted octanol–water partition coefficient (Wildman–Crippen LogP) is 2.75. The van der Waals surface area contributed by atoms with Crippen molar-refractivity contribution in [3.63, 3.8) is 0 Å². The van der Waals surface area contributed by atoms with Gasteiger partial charge in [0.1, 0.15) is 5.75 Å². The molecule has 0 saturated carbocycles. The van der Waals surface area contributed by atoms with Crippen LogP contribution < -0.4 is 14.8 Å². The number of ether oxygens (including phenoxy) is 2. The molecule has 1 aromatic heterocycles. The van der Waals surface area contributed by atoms with Crippen LogP contribution in [0.4, 0.5) is 5.69 Å². The first kappa shape index (κ1) is 13.2. The number of anilines is 1. The van der Waals surface area contributed by atoms with Gasteiger partial charge in [-0.1, -0.05) is 18.2 Å². The maximum absolute atomic E-state index is 5.33. The first-order chi connectivity index (χ1) is 9.33. The summed E-state index contributed by atoms with van der Waals surface area (Å²) < 4.78 is 10.4. The Balaban J connectivity index is 1.92. The van der Waals surface area contributed by atoms with Crippen LogP contribution in [-0.2, 0) is 6.42 Å². The molecule has 0 aliphatic heterocycles. The third-order valence-corrected chi connectivity index (χ3v) is 2.86. The van der Waals surface area contributed by atoms with E-state index in [4.69, 9.17) is 9.47 Å². The van der Waals surface area contributed by atoms with E-state index in [2.05, 4.69) is 16.4 Å². The molecule has 100 valence electrons. The van der Waals surface area contributed by atoms with Gasteiger partial charge in [0.25, 0.3) is 0 Å². The summed E-state index contributed by atoms with van der Waals surface area (Å²) in [5.74, 6) is 1.54. The van der Waals surface area contributed by atoms with Gasteiger partial charge >= 0.3 is 0 Å². The van der Waals surface area contributed by atoms with Gasteiger partial charge in [-0.25, -0.2) is 4.98 Å². The van der Waals surface area contributed by atoms with Crippen LogP contribution >= 0.6 is 0 Å². The molecular weight excluding hydrogens is 240 g/mol. The van der Waals surface area contributed by atoms with Crippen molar-refractivity contribution in [2.24, 2.45) is 0 Å². The Kier molecular flexibility index (Phi) is 4.61. The summed E-state index contributed by atoms with van der Waals surface area (Å²) in [7, 11) is 3.31. The molecule has 1 heterocycles. The summed E-state index contributed by atoms with van der Waals surface area (Å²) in [5.41, 5.74) is 2.19. The summed E-state index contributed by atoms with van der Waals surface area (Å²) in [6.07, 6.45) is 2.62. The second-order valence-corrected chi connectivity index (χ2v) is 4.08. The number of hydrogen-bond acceptors (Lipinski definition) is 4. The van der Waals surface area contributed by atoms with E-state index in [0.717, 1.165) is 24.4 Å². The Morgan fingerprint density at radius 3 is 2.74 bits per heavy atom. The second-order valence-electron chi connectivity index (χ2n) is 4.08. The third kappa shape index (κ3) is 3.61. The molecule has 0 radical (unpaired) electrons. The lowest BCUT2D eigenvalue weighted by molar-refractivity contribution is 0.398. The minimum Gasteiger partial charge on any atom is -0.496 e. The number of pyridine rings is 1. The van der Waals surface area contributed by atoms with Crippen LogP contribution in [0.3, 0.4) is 0 Å². The number of aromatic nitrogens is 1. The summed E-state index contributed by atoms with van der Waals surface area (Å²) in [6.45, 7) is 0.827. The molecule has 1 N–H and O–H groups in total. The number of benzene rings is 1. The van der Waals surface area contributed by atoms with Gasteiger partial charge < -0.3 is 14.8 Å². The molecule has 0 unspecified atom stereocenters. The quantitative estimate of drug-likeness (QED) is 0.865. The number of nitrogens with zero attached hydrogens (tertiary/aromatic N) is 1. The van der Waals surface area contributed by atoms with Gasteiger partial charge in [0.05, 0.1) is 14.2 Å². The Morgan fingerprint density at radius 1 is 1.11 bits per heavy atom. The molecule has 0 aliphatic carbocycles. The largest absolute Gasteiger partial charge is 0.496 e. The highest BCUT2D eigenvalue weighted by molar-refractivity contribution is 5.45. The van der Waals surface area contributed by atoms with E-state index in [0.29, 0.717) is 5.88 Å². The maximum atomic E-state index is 5.33. The number of para-hydroxylation sites is 1. The van der Waals surface area contributed by atoms with Crippen LogP contribution in [0.25, 0.3) is 0 Å². The minimum atomic E-state index is 0.613. The van der Waals surface area contributed by atoms with Crippen molar-refractivity contribution >= 4 is 5.69 Å². The van der Waals surface area contributed by atoms with Gasteiger partial charge in [-0.3, -0.25) is 0 Å². The zero-order valence-corrected chi connectivity index (χ0v) is 11.2. The maximum Gasteiger partial charge on any atom is 0.214 e. The third-order valence-electron chi connectivity index (χ3n) is 2.86. The van der Waals surface area contributed by atoms with Gasteiger partial charge in [-0.2, -0.15) is 0 Å². The van der Waals surface area contributed by atoms with Crippen LogP contribution in [0.5, 0.6) is 11.6 Å². The molecule has 0 bridgehead atoms. The van der Waals surface area contributed by atoms with E-state index in [1.165, 1.54) is 5.56 Å². The predicted molar refractivity (Wildman–Crippen MR) is 76.0 cm³/mol. The molecule has 4 heteroatoms. The molecule has 0 saturated heterocycles. The number of methoxy groups -OCH3 is 2. The Hall–Kier alpha value is -2.23. The smallest absolute Gasteiger partial charge is 0.214 e. The van der Waals surface area contributed by atoms with E-state index in [1.807, 2.05) is 30.3 Å². The van der Waals surface area contributed by atoms with E-state index >= 15 is 0 Å². The highest BCUT2D eigenvalue weighted by atomic mass is 16.5. The van der Waals surface area contributed by atoms with Crippen molar-refractivity contribution in [2.75, 3.05) is 26.1 Å². The van der Waals surface area contributed by atoms with Gasteiger partial charge in [0.15, 0.2) is 0 Å². The topological polar surface area (TPSA) is 43.4 Å². The van der Waals surface area contributed by atoms with Crippen molar-refractivity contribution in [2.45, 2.75) is 6.42 Å². The zero-order valence-electron chi connectivity index (χ0n) is 11.2. The van der Waals surface area contributed by atoms with Crippen molar-refractivity contribution in [3.05, 3.63) is 48.2 Å². The second kappa shape index (κ2) is 6.64. The Morgan fingerprint density at radius 2 is 1.95 bits per heavy atom. The zero-order chi connectivity index (χ0) is 13.5. The molecule has 0 spiro atoms. The highest BCUT2D eigenvalue weighted by Gasteiger charge is 2.01. The number of nitrogens with one attached hydrogen (secondary N) is 1. The summed E-state index contributed by atoms with van der Waals surface area (Å²) in [6, 6.07) is 11.8. The monoisotopic (exact) mass is 258 g/mol. The summed E-state index contributed by atoms with van der Waals surface area (Å²) >= 11 is 0. The van der Waals surface area contributed by atoms with E-state index in [9.17, 15) is 0 Å². The highest BCUT2D eigenvalue weighted by Crippen LogP contribution is 2.18. The fourth-order valence-corrected chi connectivity index (χ4v) is 1.88. The average molecular weight is 258 g/mol. The number of rotatable bonds is 6. The molecule has 19 heavy (non-hydrogen) atoms. The molecule has 0 amide bonds. The Labute approximate surface area is 113 Å². The first-order valence-electron chi connectivity index (χ1n) is 6.19. The molecule has 4 nitrogen and oxygen atoms in total. The SMILES string of the molecule is COc1cc(NCCc2ccccc2OC)ccn1.